The molecule has 1 atom stereocenters. The predicted octanol–water partition coefficient (Wildman–Crippen LogP) is 2.90. The Balaban J connectivity index is 1.98. The lowest BCUT2D eigenvalue weighted by atomic mass is 10.0. The van der Waals surface area contributed by atoms with Gasteiger partial charge in [-0.2, -0.15) is 0 Å². The first-order valence-corrected chi connectivity index (χ1v) is 9.92. The summed E-state index contributed by atoms with van der Waals surface area (Å²) in [5.41, 5.74) is 3.64. The molecule has 0 saturated heterocycles. The van der Waals surface area contributed by atoms with Crippen LogP contribution in [-0.4, -0.2) is 26.6 Å². The minimum atomic E-state index is -3.07. The van der Waals surface area contributed by atoms with Gasteiger partial charge in [-0.15, -0.1) is 0 Å². The van der Waals surface area contributed by atoms with Crippen LogP contribution in [0.3, 0.4) is 0 Å². The Labute approximate surface area is 143 Å². The molecule has 5 heteroatoms. The summed E-state index contributed by atoms with van der Waals surface area (Å²) in [4.78, 5) is 12.3. The summed E-state index contributed by atoms with van der Waals surface area (Å²) in [6, 6.07) is 14.8. The zero-order valence-electron chi connectivity index (χ0n) is 14.2. The third-order valence-electron chi connectivity index (χ3n) is 3.81. The number of hydrogen-bond acceptors (Lipinski definition) is 3. The van der Waals surface area contributed by atoms with Crippen molar-refractivity contribution in [2.75, 3.05) is 6.26 Å². The zero-order chi connectivity index (χ0) is 17.7. The van der Waals surface area contributed by atoms with Crippen LogP contribution in [-0.2, 0) is 22.0 Å². The maximum absolute atomic E-state index is 12.3. The van der Waals surface area contributed by atoms with Crippen molar-refractivity contribution in [1.29, 1.82) is 0 Å². The van der Waals surface area contributed by atoms with Gasteiger partial charge >= 0.3 is 0 Å². The van der Waals surface area contributed by atoms with Gasteiger partial charge in [0.05, 0.1) is 5.75 Å². The van der Waals surface area contributed by atoms with Gasteiger partial charge < -0.3 is 5.32 Å². The summed E-state index contributed by atoms with van der Waals surface area (Å²) < 4.78 is 22.6. The molecule has 1 unspecified atom stereocenters. The summed E-state index contributed by atoms with van der Waals surface area (Å²) in [6.45, 7) is 4.03. The molecule has 0 aliphatic rings. The molecule has 0 aliphatic carbocycles. The van der Waals surface area contributed by atoms with Crippen LogP contribution in [0.25, 0.3) is 0 Å². The van der Waals surface area contributed by atoms with E-state index in [0.717, 1.165) is 6.42 Å². The Morgan fingerprint density at radius 3 is 2.29 bits per heavy atom. The number of hydrogen-bond donors (Lipinski definition) is 1. The molecule has 2 rings (SSSR count). The van der Waals surface area contributed by atoms with E-state index >= 15 is 0 Å². The molecule has 4 nitrogen and oxygen atoms in total. The summed E-state index contributed by atoms with van der Waals surface area (Å²) in [5, 5.41) is 2.98. The molecule has 0 fully saturated rings. The number of sulfone groups is 1. The average Bonchev–Trinajstić information content (AvgIpc) is 2.48. The Morgan fingerprint density at radius 2 is 1.71 bits per heavy atom. The summed E-state index contributed by atoms with van der Waals surface area (Å²) >= 11 is 0. The highest BCUT2D eigenvalue weighted by atomic mass is 32.2. The van der Waals surface area contributed by atoms with Crippen molar-refractivity contribution in [2.45, 2.75) is 32.1 Å². The second-order valence-electron chi connectivity index (χ2n) is 6.27. The van der Waals surface area contributed by atoms with Crippen molar-refractivity contribution in [3.8, 4) is 0 Å². The monoisotopic (exact) mass is 345 g/mol. The first-order chi connectivity index (χ1) is 11.2. The van der Waals surface area contributed by atoms with Crippen molar-refractivity contribution in [1.82, 2.24) is 5.32 Å². The lowest BCUT2D eigenvalue weighted by Crippen LogP contribution is -2.34. The number of nitrogens with one attached hydrogen (secondary N) is 1. The maximum Gasteiger partial charge on any atom is 0.251 e. The van der Waals surface area contributed by atoms with Gasteiger partial charge in [-0.3, -0.25) is 4.79 Å². The minimum absolute atomic E-state index is 0.00861. The van der Waals surface area contributed by atoms with Crippen molar-refractivity contribution in [3.63, 3.8) is 0 Å². The molecular weight excluding hydrogens is 322 g/mol. The molecule has 0 aromatic heterocycles. The average molecular weight is 345 g/mol. The second kappa shape index (κ2) is 7.62. The summed E-state index contributed by atoms with van der Waals surface area (Å²) in [6.07, 6.45) is 1.96. The Morgan fingerprint density at radius 1 is 1.08 bits per heavy atom. The lowest BCUT2D eigenvalue weighted by molar-refractivity contribution is 0.0940. The van der Waals surface area contributed by atoms with E-state index in [0.29, 0.717) is 11.1 Å². The molecule has 24 heavy (non-hydrogen) atoms. The molecule has 2 aromatic rings. The quantitative estimate of drug-likeness (QED) is 0.875. The van der Waals surface area contributed by atoms with Crippen LogP contribution >= 0.6 is 0 Å². The van der Waals surface area contributed by atoms with E-state index in [1.807, 2.05) is 19.1 Å². The maximum atomic E-state index is 12.3. The molecule has 0 saturated carbocycles. The SMILES string of the molecule is Cc1ccccc1CC(C)NC(=O)c1ccc(CS(C)(=O)=O)cc1. The number of rotatable bonds is 6. The van der Waals surface area contributed by atoms with Gasteiger partial charge in [0, 0.05) is 17.9 Å². The first-order valence-electron chi connectivity index (χ1n) is 7.86. The van der Waals surface area contributed by atoms with Crippen LogP contribution < -0.4 is 5.32 Å². The van der Waals surface area contributed by atoms with E-state index in [1.165, 1.54) is 17.4 Å². The van der Waals surface area contributed by atoms with Gasteiger partial charge in [-0.05, 0) is 49.1 Å². The normalized spacial score (nSPS) is 12.6. The third kappa shape index (κ3) is 5.49. The van der Waals surface area contributed by atoms with E-state index in [1.54, 1.807) is 24.3 Å². The van der Waals surface area contributed by atoms with E-state index in [9.17, 15) is 13.2 Å². The van der Waals surface area contributed by atoms with Crippen molar-refractivity contribution < 1.29 is 13.2 Å². The molecule has 0 bridgehead atoms. The van der Waals surface area contributed by atoms with Gasteiger partial charge in [0.25, 0.3) is 5.91 Å². The molecule has 0 heterocycles. The fourth-order valence-corrected chi connectivity index (χ4v) is 3.38. The highest BCUT2D eigenvalue weighted by molar-refractivity contribution is 7.89. The molecular formula is C19H23NO3S. The number of aryl methyl sites for hydroxylation is 1. The van der Waals surface area contributed by atoms with Gasteiger partial charge in [-0.1, -0.05) is 36.4 Å². The summed E-state index contributed by atoms with van der Waals surface area (Å²) in [5.74, 6) is -0.166. The molecule has 0 radical (unpaired) electrons. The van der Waals surface area contributed by atoms with Crippen molar-refractivity contribution in [2.24, 2.45) is 0 Å². The van der Waals surface area contributed by atoms with Gasteiger partial charge in [0.1, 0.15) is 0 Å². The molecule has 1 amide bonds. The Hall–Kier alpha value is -2.14. The molecule has 0 aliphatic heterocycles. The van der Waals surface area contributed by atoms with Crippen LogP contribution in [0.2, 0.25) is 0 Å². The van der Waals surface area contributed by atoms with Crippen molar-refractivity contribution >= 4 is 15.7 Å². The van der Waals surface area contributed by atoms with E-state index in [4.69, 9.17) is 0 Å². The second-order valence-corrected chi connectivity index (χ2v) is 8.41. The first kappa shape index (κ1) is 18.2. The molecule has 1 N–H and O–H groups in total. The predicted molar refractivity (Wildman–Crippen MR) is 96.8 cm³/mol. The van der Waals surface area contributed by atoms with Gasteiger partial charge in [0.15, 0.2) is 9.84 Å². The number of amides is 1. The Bertz CT molecular complexity index is 811. The largest absolute Gasteiger partial charge is 0.349 e. The fraction of sp³-hybridized carbons (Fsp3) is 0.316. The van der Waals surface area contributed by atoms with Crippen molar-refractivity contribution in [3.05, 3.63) is 70.8 Å². The molecule has 0 spiro atoms. The molecule has 2 aromatic carbocycles. The number of benzene rings is 2. The van der Waals surface area contributed by atoms with Crippen LogP contribution in [0.4, 0.5) is 0 Å². The van der Waals surface area contributed by atoms with E-state index < -0.39 is 9.84 Å². The topological polar surface area (TPSA) is 63.2 Å². The molecule has 128 valence electrons. The zero-order valence-corrected chi connectivity index (χ0v) is 15.1. The van der Waals surface area contributed by atoms with Crippen LogP contribution in [0, 0.1) is 6.92 Å². The standard InChI is InChI=1S/C19H23NO3S/c1-14-6-4-5-7-18(14)12-15(2)20-19(21)17-10-8-16(9-11-17)13-24(3,22)23/h4-11,15H,12-13H2,1-3H3,(H,20,21). The van der Waals surface area contributed by atoms with E-state index in [2.05, 4.69) is 24.4 Å². The highest BCUT2D eigenvalue weighted by Gasteiger charge is 2.12. The Kier molecular flexibility index (Phi) is 5.78. The van der Waals surface area contributed by atoms with Gasteiger partial charge in [-0.25, -0.2) is 8.42 Å². The third-order valence-corrected chi connectivity index (χ3v) is 4.67. The van der Waals surface area contributed by atoms with Gasteiger partial charge in [0.2, 0.25) is 0 Å². The summed E-state index contributed by atoms with van der Waals surface area (Å²) in [7, 11) is -3.07. The minimum Gasteiger partial charge on any atom is -0.349 e. The number of carbonyl (C=O) groups excluding carboxylic acids is 1. The highest BCUT2D eigenvalue weighted by Crippen LogP contribution is 2.11. The van der Waals surface area contributed by atoms with Crippen LogP contribution in [0.1, 0.15) is 34.0 Å². The number of carbonyl (C=O) groups is 1. The fourth-order valence-electron chi connectivity index (χ4n) is 2.58. The smallest absolute Gasteiger partial charge is 0.251 e. The van der Waals surface area contributed by atoms with E-state index in [-0.39, 0.29) is 17.7 Å². The van der Waals surface area contributed by atoms with Crippen LogP contribution in [0.5, 0.6) is 0 Å². The van der Waals surface area contributed by atoms with Crippen LogP contribution in [0.15, 0.2) is 48.5 Å². The lowest BCUT2D eigenvalue weighted by Gasteiger charge is -2.15.